The molecule has 3 nitrogen and oxygen atoms in total. The average Bonchev–Trinajstić information content (AvgIpc) is 2.49. The second-order valence-corrected chi connectivity index (χ2v) is 6.75. The molecule has 0 amide bonds. The third-order valence-corrected chi connectivity index (χ3v) is 4.96. The maximum Gasteiger partial charge on any atom is 0.191 e. The van der Waals surface area contributed by atoms with Crippen LogP contribution in [0, 0.1) is 0 Å². The van der Waals surface area contributed by atoms with Crippen molar-refractivity contribution >= 4 is 29.5 Å². The molecule has 2 N–H and O–H groups in total. The van der Waals surface area contributed by atoms with E-state index in [1.54, 1.807) is 0 Å². The van der Waals surface area contributed by atoms with E-state index in [4.69, 9.17) is 5.73 Å². The molecule has 0 atom stereocenters. The molecule has 5 heteroatoms. The lowest BCUT2D eigenvalue weighted by molar-refractivity contribution is 0.456. The van der Waals surface area contributed by atoms with E-state index in [-0.39, 0.29) is 0 Å². The van der Waals surface area contributed by atoms with Crippen molar-refractivity contribution in [3.05, 3.63) is 30.3 Å². The van der Waals surface area contributed by atoms with Crippen LogP contribution in [-0.4, -0.2) is 47.8 Å². The van der Waals surface area contributed by atoms with Gasteiger partial charge in [0.1, 0.15) is 0 Å². The minimum Gasteiger partial charge on any atom is -0.370 e. The van der Waals surface area contributed by atoms with E-state index in [0.717, 1.165) is 37.8 Å². The van der Waals surface area contributed by atoms with Crippen molar-refractivity contribution in [2.45, 2.75) is 11.3 Å². The number of benzene rings is 1. The normalized spacial score (nSPS) is 16.6. The Labute approximate surface area is 124 Å². The minimum atomic E-state index is 0.727. The fourth-order valence-electron chi connectivity index (χ4n) is 1.86. The molecule has 1 heterocycles. The topological polar surface area (TPSA) is 41.6 Å². The Kier molecular flexibility index (Phi) is 6.44. The predicted molar refractivity (Wildman–Crippen MR) is 87.2 cm³/mol. The number of nitrogens with zero attached hydrogens (tertiary/aromatic N) is 2. The number of nitrogens with two attached hydrogens (primary N) is 1. The Morgan fingerprint density at radius 3 is 2.74 bits per heavy atom. The van der Waals surface area contributed by atoms with Crippen molar-refractivity contribution in [1.29, 1.82) is 0 Å². The average molecular weight is 295 g/mol. The molecule has 1 aliphatic heterocycles. The Balaban J connectivity index is 1.62. The van der Waals surface area contributed by atoms with E-state index < -0.39 is 0 Å². The summed E-state index contributed by atoms with van der Waals surface area (Å²) in [4.78, 5) is 8.00. The molecule has 19 heavy (non-hydrogen) atoms. The highest BCUT2D eigenvalue weighted by atomic mass is 32.2. The van der Waals surface area contributed by atoms with Gasteiger partial charge in [0.15, 0.2) is 5.96 Å². The summed E-state index contributed by atoms with van der Waals surface area (Å²) in [5, 5.41) is 0. The molecule has 0 spiro atoms. The molecule has 0 aliphatic carbocycles. The highest BCUT2D eigenvalue weighted by molar-refractivity contribution is 7.99. The minimum absolute atomic E-state index is 0.727. The van der Waals surface area contributed by atoms with Crippen molar-refractivity contribution < 1.29 is 0 Å². The smallest absolute Gasteiger partial charge is 0.191 e. The zero-order valence-electron chi connectivity index (χ0n) is 11.1. The molecule has 1 saturated heterocycles. The first-order chi connectivity index (χ1) is 9.36. The lowest BCUT2D eigenvalue weighted by atomic mass is 10.4. The standard InChI is InChI=1S/C14H21N3S2/c15-14(17-8-11-18-12-9-17)16-7-4-10-19-13-5-2-1-3-6-13/h1-3,5-6H,4,7-12H2,(H2,15,16). The van der Waals surface area contributed by atoms with Crippen molar-refractivity contribution in [2.75, 3.05) is 36.9 Å². The van der Waals surface area contributed by atoms with Gasteiger partial charge in [0.05, 0.1) is 0 Å². The van der Waals surface area contributed by atoms with Gasteiger partial charge in [-0.15, -0.1) is 11.8 Å². The van der Waals surface area contributed by atoms with Crippen LogP contribution < -0.4 is 5.73 Å². The number of rotatable bonds is 5. The van der Waals surface area contributed by atoms with Gasteiger partial charge in [-0.1, -0.05) is 18.2 Å². The van der Waals surface area contributed by atoms with Crippen LogP contribution in [0.3, 0.4) is 0 Å². The zero-order chi connectivity index (χ0) is 13.3. The van der Waals surface area contributed by atoms with E-state index in [2.05, 4.69) is 34.2 Å². The molecular formula is C14H21N3S2. The van der Waals surface area contributed by atoms with Crippen molar-refractivity contribution in [3.8, 4) is 0 Å². The summed E-state index contributed by atoms with van der Waals surface area (Å²) in [6, 6.07) is 10.5. The summed E-state index contributed by atoms with van der Waals surface area (Å²) < 4.78 is 0. The summed E-state index contributed by atoms with van der Waals surface area (Å²) >= 11 is 3.87. The van der Waals surface area contributed by atoms with Crippen molar-refractivity contribution in [2.24, 2.45) is 10.7 Å². The number of thioether (sulfide) groups is 2. The Hall–Kier alpha value is -0.810. The quantitative estimate of drug-likeness (QED) is 0.392. The summed E-state index contributed by atoms with van der Waals surface area (Å²) in [5.74, 6) is 4.15. The molecule has 0 unspecified atom stereocenters. The van der Waals surface area contributed by atoms with E-state index in [0.29, 0.717) is 0 Å². The third kappa shape index (κ3) is 5.37. The van der Waals surface area contributed by atoms with Gasteiger partial charge >= 0.3 is 0 Å². The van der Waals surface area contributed by atoms with Gasteiger partial charge in [0, 0.05) is 36.0 Å². The van der Waals surface area contributed by atoms with Crippen LogP contribution in [0.4, 0.5) is 0 Å². The van der Waals surface area contributed by atoms with E-state index >= 15 is 0 Å². The number of hydrogen-bond acceptors (Lipinski definition) is 3. The lowest BCUT2D eigenvalue weighted by Gasteiger charge is -2.27. The van der Waals surface area contributed by atoms with Crippen molar-refractivity contribution in [1.82, 2.24) is 4.90 Å². The summed E-state index contributed by atoms with van der Waals surface area (Å²) in [7, 11) is 0. The predicted octanol–water partition coefficient (Wildman–Crippen LogP) is 2.53. The molecule has 0 bridgehead atoms. The van der Waals surface area contributed by atoms with Gasteiger partial charge in [0.2, 0.25) is 0 Å². The fourth-order valence-corrected chi connectivity index (χ4v) is 3.62. The van der Waals surface area contributed by atoms with Crippen LogP contribution >= 0.6 is 23.5 Å². The van der Waals surface area contributed by atoms with Gasteiger partial charge in [-0.05, 0) is 24.3 Å². The third-order valence-electron chi connectivity index (χ3n) is 2.92. The van der Waals surface area contributed by atoms with E-state index in [1.807, 2.05) is 29.6 Å². The van der Waals surface area contributed by atoms with Crippen LogP contribution in [-0.2, 0) is 0 Å². The second-order valence-electron chi connectivity index (χ2n) is 4.35. The van der Waals surface area contributed by atoms with Gasteiger partial charge < -0.3 is 10.6 Å². The van der Waals surface area contributed by atoms with Crippen LogP contribution in [0.15, 0.2) is 40.2 Å². The monoisotopic (exact) mass is 295 g/mol. The number of aliphatic imine (C=N–C) groups is 1. The molecule has 2 rings (SSSR count). The SMILES string of the molecule is NC(=NCCCSc1ccccc1)N1CCSCC1. The molecule has 1 fully saturated rings. The molecule has 0 radical (unpaired) electrons. The highest BCUT2D eigenvalue weighted by Crippen LogP contribution is 2.17. The molecule has 0 saturated carbocycles. The van der Waals surface area contributed by atoms with Gasteiger partial charge in [-0.2, -0.15) is 11.8 Å². The van der Waals surface area contributed by atoms with E-state index in [9.17, 15) is 0 Å². The first kappa shape index (κ1) is 14.6. The summed E-state index contributed by atoms with van der Waals surface area (Å²) in [5.41, 5.74) is 6.00. The summed E-state index contributed by atoms with van der Waals surface area (Å²) in [6.07, 6.45) is 1.07. The maximum atomic E-state index is 6.00. The summed E-state index contributed by atoms with van der Waals surface area (Å²) in [6.45, 7) is 2.91. The Morgan fingerprint density at radius 2 is 2.00 bits per heavy atom. The lowest BCUT2D eigenvalue weighted by Crippen LogP contribution is -2.42. The zero-order valence-corrected chi connectivity index (χ0v) is 12.8. The second kappa shape index (κ2) is 8.38. The van der Waals surface area contributed by atoms with Crippen molar-refractivity contribution in [3.63, 3.8) is 0 Å². The molecular weight excluding hydrogens is 274 g/mol. The Morgan fingerprint density at radius 1 is 1.26 bits per heavy atom. The molecule has 0 aromatic heterocycles. The first-order valence-electron chi connectivity index (χ1n) is 6.67. The molecule has 104 valence electrons. The van der Waals surface area contributed by atoms with Gasteiger partial charge in [-0.3, -0.25) is 4.99 Å². The Bertz CT molecular complexity index is 389. The van der Waals surface area contributed by atoms with Gasteiger partial charge in [0.25, 0.3) is 0 Å². The number of guanidine groups is 1. The van der Waals surface area contributed by atoms with Crippen LogP contribution in [0.25, 0.3) is 0 Å². The highest BCUT2D eigenvalue weighted by Gasteiger charge is 2.11. The van der Waals surface area contributed by atoms with Crippen LogP contribution in [0.2, 0.25) is 0 Å². The molecule has 1 aromatic carbocycles. The maximum absolute atomic E-state index is 6.00. The fraction of sp³-hybridized carbons (Fsp3) is 0.500. The van der Waals surface area contributed by atoms with Crippen LogP contribution in [0.1, 0.15) is 6.42 Å². The number of hydrogen-bond donors (Lipinski definition) is 1. The van der Waals surface area contributed by atoms with Crippen LogP contribution in [0.5, 0.6) is 0 Å². The molecule has 1 aromatic rings. The van der Waals surface area contributed by atoms with Gasteiger partial charge in [-0.25, -0.2) is 0 Å². The molecule has 1 aliphatic rings. The largest absolute Gasteiger partial charge is 0.370 e. The van der Waals surface area contributed by atoms with E-state index in [1.165, 1.54) is 16.4 Å². The first-order valence-corrected chi connectivity index (χ1v) is 8.81.